The highest BCUT2D eigenvalue weighted by Gasteiger charge is 2.31. The van der Waals surface area contributed by atoms with Crippen LogP contribution in [0.3, 0.4) is 0 Å². The van der Waals surface area contributed by atoms with Crippen LogP contribution in [-0.4, -0.2) is 5.78 Å². The highest BCUT2D eigenvalue weighted by atomic mass is 16.1. The zero-order valence-electron chi connectivity index (χ0n) is 8.91. The van der Waals surface area contributed by atoms with Crippen LogP contribution in [0.5, 0.6) is 0 Å². The Morgan fingerprint density at radius 3 is 2.00 bits per heavy atom. The molecule has 0 saturated carbocycles. The molecule has 1 aromatic carbocycles. The maximum Gasteiger partial charge on any atom is 0.134 e. The van der Waals surface area contributed by atoms with Gasteiger partial charge in [0, 0.05) is 12.8 Å². The van der Waals surface area contributed by atoms with E-state index in [1.54, 1.807) is 0 Å². The maximum atomic E-state index is 11.8. The van der Waals surface area contributed by atoms with E-state index in [2.05, 4.69) is 24.3 Å². The van der Waals surface area contributed by atoms with Gasteiger partial charge in [0.25, 0.3) is 0 Å². The number of Topliss-reactive ketones (excluding diaryl/α,β-unsaturated/α-hetero) is 1. The van der Waals surface area contributed by atoms with Crippen LogP contribution >= 0.6 is 0 Å². The smallest absolute Gasteiger partial charge is 0.134 e. The van der Waals surface area contributed by atoms with Crippen LogP contribution in [0.25, 0.3) is 0 Å². The molecule has 2 aliphatic rings. The normalized spacial score (nSPS) is 29.5. The van der Waals surface area contributed by atoms with E-state index in [4.69, 9.17) is 0 Å². The molecule has 0 radical (unpaired) electrons. The highest BCUT2D eigenvalue weighted by Crippen LogP contribution is 2.43. The third kappa shape index (κ3) is 1.50. The second-order valence-electron chi connectivity index (χ2n) is 4.90. The van der Waals surface area contributed by atoms with Crippen molar-refractivity contribution in [2.45, 2.75) is 43.9 Å². The van der Waals surface area contributed by atoms with Gasteiger partial charge in [0.15, 0.2) is 0 Å². The fourth-order valence-electron chi connectivity index (χ4n) is 3.23. The summed E-state index contributed by atoms with van der Waals surface area (Å²) in [5, 5.41) is 0. The zero-order valence-corrected chi connectivity index (χ0v) is 8.91. The van der Waals surface area contributed by atoms with Gasteiger partial charge in [-0.3, -0.25) is 4.79 Å². The van der Waals surface area contributed by atoms with Gasteiger partial charge in [0.1, 0.15) is 5.78 Å². The van der Waals surface area contributed by atoms with E-state index >= 15 is 0 Å². The summed E-state index contributed by atoms with van der Waals surface area (Å²) in [7, 11) is 0. The minimum absolute atomic E-state index is 0.473. The highest BCUT2D eigenvalue weighted by molar-refractivity contribution is 5.81. The molecule has 0 spiro atoms. The summed E-state index contributed by atoms with van der Waals surface area (Å²) in [6, 6.07) is 8.70. The van der Waals surface area contributed by atoms with E-state index in [0.29, 0.717) is 17.6 Å². The molecular formula is C14H16O. The van der Waals surface area contributed by atoms with Crippen molar-refractivity contribution >= 4 is 5.78 Å². The quantitative estimate of drug-likeness (QED) is 0.627. The predicted octanol–water partition coefficient (Wildman–Crippen LogP) is 3.40. The van der Waals surface area contributed by atoms with Crippen molar-refractivity contribution in [1.82, 2.24) is 0 Å². The molecule has 2 atom stereocenters. The van der Waals surface area contributed by atoms with Gasteiger partial charge in [-0.2, -0.15) is 0 Å². The molecule has 1 aromatic rings. The van der Waals surface area contributed by atoms with E-state index in [0.717, 1.165) is 12.8 Å². The lowest BCUT2D eigenvalue weighted by molar-refractivity contribution is -0.119. The SMILES string of the molecule is O=C1CC2CCCC(C1)c1ccccc12. The van der Waals surface area contributed by atoms with Crippen LogP contribution in [0.4, 0.5) is 0 Å². The van der Waals surface area contributed by atoms with Gasteiger partial charge in [-0.15, -0.1) is 0 Å². The van der Waals surface area contributed by atoms with Crippen LogP contribution in [-0.2, 0) is 4.79 Å². The van der Waals surface area contributed by atoms with Gasteiger partial charge < -0.3 is 0 Å². The molecule has 15 heavy (non-hydrogen) atoms. The van der Waals surface area contributed by atoms with Gasteiger partial charge in [0.2, 0.25) is 0 Å². The Balaban J connectivity index is 2.14. The minimum atomic E-state index is 0.473. The van der Waals surface area contributed by atoms with Crippen molar-refractivity contribution in [3.63, 3.8) is 0 Å². The third-order valence-electron chi connectivity index (χ3n) is 3.93. The minimum Gasteiger partial charge on any atom is -0.300 e. The first kappa shape index (κ1) is 9.14. The van der Waals surface area contributed by atoms with Crippen molar-refractivity contribution in [3.8, 4) is 0 Å². The number of ketones is 1. The van der Waals surface area contributed by atoms with Crippen molar-refractivity contribution < 1.29 is 4.79 Å². The van der Waals surface area contributed by atoms with Crippen LogP contribution in [0.15, 0.2) is 24.3 Å². The molecule has 3 rings (SSSR count). The molecule has 2 unspecified atom stereocenters. The number of benzene rings is 1. The monoisotopic (exact) mass is 200 g/mol. The van der Waals surface area contributed by atoms with Gasteiger partial charge in [0.05, 0.1) is 0 Å². The van der Waals surface area contributed by atoms with Crippen LogP contribution in [0.1, 0.15) is 55.1 Å². The number of rotatable bonds is 0. The largest absolute Gasteiger partial charge is 0.300 e. The third-order valence-corrected chi connectivity index (χ3v) is 3.93. The summed E-state index contributed by atoms with van der Waals surface area (Å²) >= 11 is 0. The van der Waals surface area contributed by atoms with E-state index < -0.39 is 0 Å². The van der Waals surface area contributed by atoms with Crippen molar-refractivity contribution in [1.29, 1.82) is 0 Å². The summed E-state index contributed by atoms with van der Waals surface area (Å²) in [4.78, 5) is 11.8. The molecule has 2 bridgehead atoms. The maximum absolute atomic E-state index is 11.8. The molecule has 78 valence electrons. The molecule has 0 aromatic heterocycles. The molecule has 1 heteroatoms. The molecule has 0 N–H and O–H groups in total. The Kier molecular flexibility index (Phi) is 2.12. The fraction of sp³-hybridized carbons (Fsp3) is 0.500. The second kappa shape index (κ2) is 3.48. The van der Waals surface area contributed by atoms with E-state index in [-0.39, 0.29) is 0 Å². The van der Waals surface area contributed by atoms with E-state index in [9.17, 15) is 4.79 Å². The van der Waals surface area contributed by atoms with Crippen molar-refractivity contribution in [2.75, 3.05) is 0 Å². The molecule has 0 aliphatic heterocycles. The average molecular weight is 200 g/mol. The lowest BCUT2D eigenvalue weighted by atomic mass is 9.89. The molecule has 2 aliphatic carbocycles. The Hall–Kier alpha value is -1.11. The zero-order chi connectivity index (χ0) is 10.3. The van der Waals surface area contributed by atoms with Crippen LogP contribution < -0.4 is 0 Å². The summed E-state index contributed by atoms with van der Waals surface area (Å²) in [6.07, 6.45) is 5.27. The van der Waals surface area contributed by atoms with Crippen molar-refractivity contribution in [2.24, 2.45) is 0 Å². The standard InChI is InChI=1S/C14H16O/c15-12-8-10-4-3-5-11(9-12)14-7-2-1-6-13(10)14/h1-2,6-7,10-11H,3-5,8-9H2. The lowest BCUT2D eigenvalue weighted by Gasteiger charge is -2.14. The number of carbonyl (C=O) groups is 1. The number of hydrogen-bond acceptors (Lipinski definition) is 1. The topological polar surface area (TPSA) is 17.1 Å². The molecular weight excluding hydrogens is 184 g/mol. The number of carbonyl (C=O) groups excluding carboxylic acids is 1. The molecule has 0 fully saturated rings. The molecule has 0 amide bonds. The van der Waals surface area contributed by atoms with E-state index in [1.165, 1.54) is 30.4 Å². The molecule has 1 nitrogen and oxygen atoms in total. The molecule has 0 saturated heterocycles. The van der Waals surface area contributed by atoms with Gasteiger partial charge >= 0.3 is 0 Å². The molecule has 0 heterocycles. The van der Waals surface area contributed by atoms with Crippen molar-refractivity contribution in [3.05, 3.63) is 35.4 Å². The summed E-state index contributed by atoms with van der Waals surface area (Å²) in [5.74, 6) is 1.50. The number of hydrogen-bond donors (Lipinski definition) is 0. The van der Waals surface area contributed by atoms with E-state index in [1.807, 2.05) is 0 Å². The Morgan fingerprint density at radius 2 is 1.47 bits per heavy atom. The Labute approximate surface area is 90.5 Å². The van der Waals surface area contributed by atoms with Gasteiger partial charge in [-0.05, 0) is 35.8 Å². The van der Waals surface area contributed by atoms with Gasteiger partial charge in [-0.1, -0.05) is 30.7 Å². The summed E-state index contributed by atoms with van der Waals surface area (Å²) < 4.78 is 0. The summed E-state index contributed by atoms with van der Waals surface area (Å²) in [5.41, 5.74) is 2.93. The lowest BCUT2D eigenvalue weighted by Crippen LogP contribution is -2.08. The summed E-state index contributed by atoms with van der Waals surface area (Å²) in [6.45, 7) is 0. The van der Waals surface area contributed by atoms with Gasteiger partial charge in [-0.25, -0.2) is 0 Å². The average Bonchev–Trinajstić information content (AvgIpc) is 2.45. The Bertz CT molecular complexity index is 359. The predicted molar refractivity (Wildman–Crippen MR) is 60.0 cm³/mol. The second-order valence-corrected chi connectivity index (χ2v) is 4.90. The first-order valence-corrected chi connectivity index (χ1v) is 5.95. The van der Waals surface area contributed by atoms with Crippen LogP contribution in [0.2, 0.25) is 0 Å². The van der Waals surface area contributed by atoms with Crippen LogP contribution in [0, 0.1) is 0 Å². The Morgan fingerprint density at radius 1 is 0.933 bits per heavy atom. The fourth-order valence-corrected chi connectivity index (χ4v) is 3.23. The first-order chi connectivity index (χ1) is 7.34. The first-order valence-electron chi connectivity index (χ1n) is 5.95.